The maximum absolute atomic E-state index is 12.0. The standard InChI is InChI=1S/C20H22N2O3S/c1-2-24-14-15-25-18-11-7-6-10-17(18)21-20(26)22-19(23)13-12-16-8-4-3-5-9-16/h3-13H,2,14-15H2,1H3,(H2,21,22,23,26)/b13-12+. The molecule has 0 aliphatic heterocycles. The first-order chi connectivity index (χ1) is 12.7. The van der Waals surface area contributed by atoms with Gasteiger partial charge in [0.2, 0.25) is 5.91 Å². The van der Waals surface area contributed by atoms with Gasteiger partial charge in [0.1, 0.15) is 12.4 Å². The molecule has 0 radical (unpaired) electrons. The zero-order valence-electron chi connectivity index (χ0n) is 14.6. The topological polar surface area (TPSA) is 59.6 Å². The highest BCUT2D eigenvalue weighted by Gasteiger charge is 2.06. The summed E-state index contributed by atoms with van der Waals surface area (Å²) < 4.78 is 10.9. The van der Waals surface area contributed by atoms with Crippen molar-refractivity contribution in [3.63, 3.8) is 0 Å². The fourth-order valence-electron chi connectivity index (χ4n) is 2.09. The van der Waals surface area contributed by atoms with Gasteiger partial charge in [0.25, 0.3) is 0 Å². The first kappa shape index (κ1) is 19.6. The number of hydrogen-bond acceptors (Lipinski definition) is 4. The third-order valence-electron chi connectivity index (χ3n) is 3.29. The van der Waals surface area contributed by atoms with Crippen molar-refractivity contribution in [3.05, 3.63) is 66.2 Å². The van der Waals surface area contributed by atoms with E-state index in [0.717, 1.165) is 5.56 Å². The van der Waals surface area contributed by atoms with Crippen LogP contribution in [-0.2, 0) is 9.53 Å². The minimum Gasteiger partial charge on any atom is -0.489 e. The maximum Gasteiger partial charge on any atom is 0.250 e. The number of amides is 1. The molecule has 0 fully saturated rings. The number of para-hydroxylation sites is 2. The third-order valence-corrected chi connectivity index (χ3v) is 3.49. The maximum atomic E-state index is 12.0. The monoisotopic (exact) mass is 370 g/mol. The van der Waals surface area contributed by atoms with Crippen LogP contribution in [0, 0.1) is 0 Å². The summed E-state index contributed by atoms with van der Waals surface area (Å²) in [6.45, 7) is 3.53. The predicted molar refractivity (Wildman–Crippen MR) is 108 cm³/mol. The van der Waals surface area contributed by atoms with Crippen LogP contribution in [0.1, 0.15) is 12.5 Å². The van der Waals surface area contributed by atoms with E-state index >= 15 is 0 Å². The minimum absolute atomic E-state index is 0.202. The van der Waals surface area contributed by atoms with E-state index < -0.39 is 0 Å². The zero-order valence-corrected chi connectivity index (χ0v) is 15.4. The molecule has 2 aromatic carbocycles. The zero-order chi connectivity index (χ0) is 18.6. The first-order valence-electron chi connectivity index (χ1n) is 8.33. The Morgan fingerprint density at radius 3 is 2.58 bits per heavy atom. The van der Waals surface area contributed by atoms with Gasteiger partial charge >= 0.3 is 0 Å². The van der Waals surface area contributed by atoms with Gasteiger partial charge in [-0.15, -0.1) is 0 Å². The molecular weight excluding hydrogens is 348 g/mol. The lowest BCUT2D eigenvalue weighted by atomic mass is 10.2. The molecule has 26 heavy (non-hydrogen) atoms. The normalized spacial score (nSPS) is 10.5. The molecular formula is C20H22N2O3S. The molecule has 0 aromatic heterocycles. The average Bonchev–Trinajstić information content (AvgIpc) is 2.65. The van der Waals surface area contributed by atoms with Crippen molar-refractivity contribution in [3.8, 4) is 5.75 Å². The van der Waals surface area contributed by atoms with Gasteiger partial charge < -0.3 is 14.8 Å². The number of carbonyl (C=O) groups is 1. The summed E-state index contributed by atoms with van der Waals surface area (Å²) in [5.74, 6) is 0.338. The Labute approximate surface area is 159 Å². The summed E-state index contributed by atoms with van der Waals surface area (Å²) in [7, 11) is 0. The largest absolute Gasteiger partial charge is 0.489 e. The molecule has 1 amide bonds. The van der Waals surface area contributed by atoms with Gasteiger partial charge in [0.05, 0.1) is 12.3 Å². The molecule has 0 aliphatic carbocycles. The van der Waals surface area contributed by atoms with Gasteiger partial charge in [-0.05, 0) is 42.9 Å². The number of thiocarbonyl (C=S) groups is 1. The highest BCUT2D eigenvalue weighted by atomic mass is 32.1. The molecule has 136 valence electrons. The van der Waals surface area contributed by atoms with Crippen molar-refractivity contribution in [2.45, 2.75) is 6.92 Å². The van der Waals surface area contributed by atoms with E-state index in [2.05, 4.69) is 10.6 Å². The lowest BCUT2D eigenvalue weighted by Gasteiger charge is -2.13. The summed E-state index contributed by atoms with van der Waals surface area (Å²) >= 11 is 5.20. The molecule has 2 aromatic rings. The smallest absolute Gasteiger partial charge is 0.250 e. The van der Waals surface area contributed by atoms with E-state index in [1.54, 1.807) is 6.08 Å². The van der Waals surface area contributed by atoms with Crippen LogP contribution in [0.5, 0.6) is 5.75 Å². The van der Waals surface area contributed by atoms with Crippen LogP contribution in [0.4, 0.5) is 5.69 Å². The van der Waals surface area contributed by atoms with Crippen molar-refractivity contribution >= 4 is 35.0 Å². The molecule has 2 N–H and O–H groups in total. The lowest BCUT2D eigenvalue weighted by molar-refractivity contribution is -0.115. The number of ether oxygens (including phenoxy) is 2. The first-order valence-corrected chi connectivity index (χ1v) is 8.74. The Hall–Kier alpha value is -2.70. The Morgan fingerprint density at radius 2 is 1.81 bits per heavy atom. The molecule has 0 bridgehead atoms. The average molecular weight is 370 g/mol. The van der Waals surface area contributed by atoms with Crippen LogP contribution >= 0.6 is 12.2 Å². The van der Waals surface area contributed by atoms with Crippen LogP contribution in [0.2, 0.25) is 0 Å². The van der Waals surface area contributed by atoms with Gasteiger partial charge in [0.15, 0.2) is 5.11 Å². The van der Waals surface area contributed by atoms with Crippen molar-refractivity contribution in [1.82, 2.24) is 5.32 Å². The van der Waals surface area contributed by atoms with Gasteiger partial charge in [0, 0.05) is 12.7 Å². The van der Waals surface area contributed by atoms with E-state index in [1.807, 2.05) is 61.5 Å². The fourth-order valence-corrected chi connectivity index (χ4v) is 2.30. The highest BCUT2D eigenvalue weighted by molar-refractivity contribution is 7.80. The van der Waals surface area contributed by atoms with Gasteiger partial charge in [-0.2, -0.15) is 0 Å². The Kier molecular flexibility index (Phi) is 8.32. The molecule has 0 unspecified atom stereocenters. The summed E-state index contributed by atoms with van der Waals surface area (Å²) in [5, 5.41) is 5.80. The number of rotatable bonds is 8. The molecule has 6 heteroatoms. The fraction of sp³-hybridized carbons (Fsp3) is 0.200. The minimum atomic E-state index is -0.305. The number of benzene rings is 2. The Bertz CT molecular complexity index is 748. The molecule has 2 rings (SSSR count). The molecule has 0 saturated heterocycles. The molecule has 5 nitrogen and oxygen atoms in total. The Morgan fingerprint density at radius 1 is 1.08 bits per heavy atom. The van der Waals surface area contributed by atoms with E-state index in [9.17, 15) is 4.79 Å². The quantitative estimate of drug-likeness (QED) is 0.422. The Balaban J connectivity index is 1.87. The van der Waals surface area contributed by atoms with Gasteiger partial charge in [-0.3, -0.25) is 10.1 Å². The molecule has 0 aliphatic rings. The van der Waals surface area contributed by atoms with Gasteiger partial charge in [-0.25, -0.2) is 0 Å². The van der Waals surface area contributed by atoms with Crippen molar-refractivity contribution < 1.29 is 14.3 Å². The van der Waals surface area contributed by atoms with Crippen molar-refractivity contribution in [1.29, 1.82) is 0 Å². The second-order valence-electron chi connectivity index (χ2n) is 5.23. The number of anilines is 1. The third kappa shape index (κ3) is 7.04. The van der Waals surface area contributed by atoms with Crippen LogP contribution in [0.15, 0.2) is 60.7 Å². The molecule has 0 heterocycles. The number of carbonyl (C=O) groups excluding carboxylic acids is 1. The predicted octanol–water partition coefficient (Wildman–Crippen LogP) is 3.63. The van der Waals surface area contributed by atoms with Crippen LogP contribution in [0.25, 0.3) is 6.08 Å². The number of nitrogens with one attached hydrogen (secondary N) is 2. The van der Waals surface area contributed by atoms with Crippen LogP contribution in [0.3, 0.4) is 0 Å². The molecule has 0 atom stereocenters. The van der Waals surface area contributed by atoms with Crippen LogP contribution < -0.4 is 15.4 Å². The molecule has 0 saturated carbocycles. The summed E-state index contributed by atoms with van der Waals surface area (Å²) in [6.07, 6.45) is 3.16. The van der Waals surface area contributed by atoms with E-state index in [1.165, 1.54) is 6.08 Å². The lowest BCUT2D eigenvalue weighted by Crippen LogP contribution is -2.33. The number of hydrogen-bond donors (Lipinski definition) is 2. The summed E-state index contributed by atoms with van der Waals surface area (Å²) in [4.78, 5) is 12.0. The van der Waals surface area contributed by atoms with Crippen molar-refractivity contribution in [2.24, 2.45) is 0 Å². The van der Waals surface area contributed by atoms with Crippen molar-refractivity contribution in [2.75, 3.05) is 25.1 Å². The van der Waals surface area contributed by atoms with Gasteiger partial charge in [-0.1, -0.05) is 42.5 Å². The second-order valence-corrected chi connectivity index (χ2v) is 5.64. The van der Waals surface area contributed by atoms with E-state index in [0.29, 0.717) is 31.3 Å². The van der Waals surface area contributed by atoms with E-state index in [4.69, 9.17) is 21.7 Å². The molecule has 0 spiro atoms. The summed E-state index contributed by atoms with van der Waals surface area (Å²) in [5.41, 5.74) is 1.62. The van der Waals surface area contributed by atoms with Crippen LogP contribution in [-0.4, -0.2) is 30.8 Å². The SMILES string of the molecule is CCOCCOc1ccccc1NC(=S)NC(=O)/C=C/c1ccccc1. The van der Waals surface area contributed by atoms with E-state index in [-0.39, 0.29) is 11.0 Å². The summed E-state index contributed by atoms with van der Waals surface area (Å²) in [6, 6.07) is 16.9. The highest BCUT2D eigenvalue weighted by Crippen LogP contribution is 2.23. The second kappa shape index (κ2) is 11.0.